The molecular weight excluding hydrogens is 464 g/mol. The Morgan fingerprint density at radius 1 is 0.906 bits per heavy atom. The number of hydrogen-bond donors (Lipinski definition) is 1. The molecule has 0 aliphatic rings. The highest BCUT2D eigenvalue weighted by atomic mass is 35.5. The second-order valence-electron chi connectivity index (χ2n) is 7.02. The number of para-hydroxylation sites is 1. The van der Waals surface area contributed by atoms with E-state index < -0.39 is 10.0 Å². The van der Waals surface area contributed by atoms with Crippen molar-refractivity contribution in [1.82, 2.24) is 5.32 Å². The molecule has 3 aromatic rings. The summed E-state index contributed by atoms with van der Waals surface area (Å²) in [5, 5.41) is 3.08. The van der Waals surface area contributed by atoms with Gasteiger partial charge in [0.15, 0.2) is 0 Å². The summed E-state index contributed by atoms with van der Waals surface area (Å²) in [5.74, 6) is 1.44. The number of sulfonamides is 1. The first kappa shape index (κ1) is 24.2. The van der Waals surface area contributed by atoms with Crippen LogP contribution in [0.2, 0.25) is 5.02 Å². The van der Waals surface area contributed by atoms with Gasteiger partial charge in [-0.15, -0.1) is 0 Å². The lowest BCUT2D eigenvalue weighted by Crippen LogP contribution is -2.41. The molecule has 0 aromatic heterocycles. The fraction of sp³-hybridized carbons (Fsp3) is 0.208. The maximum Gasteiger partial charge on any atom is 0.264 e. The second-order valence-corrected chi connectivity index (χ2v) is 10.4. The molecule has 32 heavy (non-hydrogen) atoms. The first-order valence-electron chi connectivity index (χ1n) is 10.2. The van der Waals surface area contributed by atoms with Crippen molar-refractivity contribution in [2.45, 2.75) is 17.1 Å². The molecule has 1 N–H and O–H groups in total. The molecule has 0 spiro atoms. The Bertz CT molecular complexity index is 1110. The molecule has 8 heteroatoms. The second kappa shape index (κ2) is 11.9. The van der Waals surface area contributed by atoms with Crippen LogP contribution in [0.5, 0.6) is 0 Å². The smallest absolute Gasteiger partial charge is 0.264 e. The average Bonchev–Trinajstić information content (AvgIpc) is 2.81. The number of amides is 1. The van der Waals surface area contributed by atoms with Gasteiger partial charge in [0.1, 0.15) is 6.54 Å². The lowest BCUT2D eigenvalue weighted by Gasteiger charge is -2.25. The molecule has 1 amide bonds. The zero-order valence-electron chi connectivity index (χ0n) is 17.5. The first-order valence-corrected chi connectivity index (χ1v) is 13.2. The molecule has 0 fully saturated rings. The largest absolute Gasteiger partial charge is 0.354 e. The molecule has 0 radical (unpaired) electrons. The van der Waals surface area contributed by atoms with Gasteiger partial charge in [0, 0.05) is 12.3 Å². The van der Waals surface area contributed by atoms with E-state index in [1.54, 1.807) is 54.2 Å². The van der Waals surface area contributed by atoms with E-state index in [2.05, 4.69) is 17.4 Å². The Morgan fingerprint density at radius 2 is 1.53 bits per heavy atom. The molecule has 168 valence electrons. The van der Waals surface area contributed by atoms with Gasteiger partial charge in [-0.25, -0.2) is 8.42 Å². The summed E-state index contributed by atoms with van der Waals surface area (Å²) >= 11 is 8.06. The summed E-state index contributed by atoms with van der Waals surface area (Å²) in [6.07, 6.45) is 0.792. The van der Waals surface area contributed by atoms with E-state index in [-0.39, 0.29) is 28.1 Å². The van der Waals surface area contributed by atoms with Crippen LogP contribution in [0.3, 0.4) is 0 Å². The van der Waals surface area contributed by atoms with E-state index in [0.717, 1.165) is 22.2 Å². The predicted octanol–water partition coefficient (Wildman–Crippen LogP) is 4.98. The highest BCUT2D eigenvalue weighted by Gasteiger charge is 2.28. The lowest BCUT2D eigenvalue weighted by molar-refractivity contribution is -0.119. The van der Waals surface area contributed by atoms with Gasteiger partial charge >= 0.3 is 0 Å². The number of anilines is 1. The Hall–Kier alpha value is -2.48. The van der Waals surface area contributed by atoms with E-state index >= 15 is 0 Å². The molecule has 0 bridgehead atoms. The number of halogens is 1. The lowest BCUT2D eigenvalue weighted by atomic mass is 10.2. The maximum absolute atomic E-state index is 13.3. The summed E-state index contributed by atoms with van der Waals surface area (Å²) in [6, 6.07) is 24.8. The van der Waals surface area contributed by atoms with Crippen LogP contribution in [0.15, 0.2) is 89.8 Å². The quantitative estimate of drug-likeness (QED) is 0.387. The van der Waals surface area contributed by atoms with E-state index in [9.17, 15) is 13.2 Å². The Balaban J connectivity index is 1.59. The SMILES string of the molecule is O=C(CN(c1ccccc1Cl)S(=O)(=O)c1ccccc1)NCCCSCc1ccccc1. The molecule has 5 nitrogen and oxygen atoms in total. The monoisotopic (exact) mass is 488 g/mol. The molecule has 0 saturated heterocycles. The van der Waals surface area contributed by atoms with Gasteiger partial charge in [-0.05, 0) is 42.0 Å². The van der Waals surface area contributed by atoms with Gasteiger partial charge in [-0.3, -0.25) is 9.10 Å². The number of benzene rings is 3. The zero-order chi connectivity index (χ0) is 22.8. The summed E-state index contributed by atoms with van der Waals surface area (Å²) in [5.41, 5.74) is 1.54. The fourth-order valence-corrected chi connectivity index (χ4v) is 5.70. The number of hydrogen-bond acceptors (Lipinski definition) is 4. The normalized spacial score (nSPS) is 11.2. The van der Waals surface area contributed by atoms with E-state index in [4.69, 9.17) is 11.6 Å². The standard InChI is InChI=1S/C24H25ClN2O3S2/c25-22-14-7-8-15-23(22)27(32(29,30)21-12-5-2-6-13-21)18-24(28)26-16-9-17-31-19-20-10-3-1-4-11-20/h1-8,10-15H,9,16-19H2,(H,26,28). The van der Waals surface area contributed by atoms with Gasteiger partial charge < -0.3 is 5.32 Å². The van der Waals surface area contributed by atoms with Crippen molar-refractivity contribution in [3.8, 4) is 0 Å². The third-order valence-corrected chi connectivity index (χ3v) is 7.85. The molecule has 0 aliphatic heterocycles. The molecule has 0 heterocycles. The maximum atomic E-state index is 13.3. The first-order chi connectivity index (χ1) is 15.5. The molecule has 3 rings (SSSR count). The van der Waals surface area contributed by atoms with Crippen LogP contribution >= 0.6 is 23.4 Å². The molecular formula is C24H25ClN2O3S2. The van der Waals surface area contributed by atoms with E-state index in [0.29, 0.717) is 6.54 Å². The summed E-state index contributed by atoms with van der Waals surface area (Å²) in [4.78, 5) is 12.7. The van der Waals surface area contributed by atoms with Crippen LogP contribution in [-0.2, 0) is 20.6 Å². The van der Waals surface area contributed by atoms with Crippen LogP contribution in [0.25, 0.3) is 0 Å². The molecule has 0 unspecified atom stereocenters. The third kappa shape index (κ3) is 6.76. The minimum atomic E-state index is -3.96. The molecule has 3 aromatic carbocycles. The van der Waals surface area contributed by atoms with Crippen molar-refractivity contribution in [3.05, 3.63) is 95.5 Å². The number of carbonyl (C=O) groups is 1. The van der Waals surface area contributed by atoms with Crippen molar-refractivity contribution in [2.75, 3.05) is 23.1 Å². The molecule has 0 atom stereocenters. The zero-order valence-corrected chi connectivity index (χ0v) is 19.9. The van der Waals surface area contributed by atoms with Crippen molar-refractivity contribution < 1.29 is 13.2 Å². The van der Waals surface area contributed by atoms with Gasteiger partial charge in [0.25, 0.3) is 10.0 Å². The Labute approximate surface area is 198 Å². The van der Waals surface area contributed by atoms with Gasteiger partial charge in [-0.2, -0.15) is 11.8 Å². The highest BCUT2D eigenvalue weighted by molar-refractivity contribution is 7.98. The fourth-order valence-electron chi connectivity index (χ4n) is 3.03. The van der Waals surface area contributed by atoms with Gasteiger partial charge in [0.2, 0.25) is 5.91 Å². The summed E-state index contributed by atoms with van der Waals surface area (Å²) in [7, 11) is -3.96. The number of rotatable bonds is 11. The molecule has 0 saturated carbocycles. The number of thioether (sulfide) groups is 1. The molecule has 0 aliphatic carbocycles. The predicted molar refractivity (Wildman–Crippen MR) is 133 cm³/mol. The Morgan fingerprint density at radius 3 is 2.22 bits per heavy atom. The number of carbonyl (C=O) groups excluding carboxylic acids is 1. The highest BCUT2D eigenvalue weighted by Crippen LogP contribution is 2.30. The minimum Gasteiger partial charge on any atom is -0.354 e. The average molecular weight is 489 g/mol. The van der Waals surface area contributed by atoms with Crippen molar-refractivity contribution in [2.24, 2.45) is 0 Å². The van der Waals surface area contributed by atoms with E-state index in [1.807, 2.05) is 18.2 Å². The number of nitrogens with zero attached hydrogens (tertiary/aromatic N) is 1. The third-order valence-electron chi connectivity index (χ3n) is 4.64. The van der Waals surface area contributed by atoms with Crippen LogP contribution in [-0.4, -0.2) is 33.2 Å². The minimum absolute atomic E-state index is 0.102. The number of nitrogens with one attached hydrogen (secondary N) is 1. The van der Waals surface area contributed by atoms with Crippen LogP contribution in [0, 0.1) is 0 Å². The van der Waals surface area contributed by atoms with Crippen molar-refractivity contribution in [3.63, 3.8) is 0 Å². The van der Waals surface area contributed by atoms with Crippen molar-refractivity contribution >= 4 is 45.0 Å². The van der Waals surface area contributed by atoms with Crippen LogP contribution < -0.4 is 9.62 Å². The van der Waals surface area contributed by atoms with Crippen LogP contribution in [0.1, 0.15) is 12.0 Å². The van der Waals surface area contributed by atoms with E-state index in [1.165, 1.54) is 17.7 Å². The van der Waals surface area contributed by atoms with Crippen molar-refractivity contribution in [1.29, 1.82) is 0 Å². The topological polar surface area (TPSA) is 66.5 Å². The summed E-state index contributed by atoms with van der Waals surface area (Å²) in [6.45, 7) is 0.125. The van der Waals surface area contributed by atoms with Gasteiger partial charge in [-0.1, -0.05) is 72.3 Å². The Kier molecular flexibility index (Phi) is 9.02. The van der Waals surface area contributed by atoms with Crippen LogP contribution in [0.4, 0.5) is 5.69 Å². The van der Waals surface area contributed by atoms with Gasteiger partial charge in [0.05, 0.1) is 15.6 Å². The summed E-state index contributed by atoms with van der Waals surface area (Å²) < 4.78 is 27.6.